The van der Waals surface area contributed by atoms with Crippen molar-refractivity contribution in [1.29, 1.82) is 0 Å². The van der Waals surface area contributed by atoms with E-state index in [1.54, 1.807) is 23.9 Å². The smallest absolute Gasteiger partial charge is 0.313 e. The van der Waals surface area contributed by atoms with Crippen molar-refractivity contribution >= 4 is 29.3 Å². The van der Waals surface area contributed by atoms with Gasteiger partial charge in [0.05, 0.1) is 0 Å². The first kappa shape index (κ1) is 18.8. The summed E-state index contributed by atoms with van der Waals surface area (Å²) in [4.78, 5) is 27.3. The SMILES string of the molecule is CSc1ccc(NC(=O)C(=O)NCCCN2CCCC(C)C2)cc1. The van der Waals surface area contributed by atoms with Gasteiger partial charge in [0.25, 0.3) is 0 Å². The minimum Gasteiger partial charge on any atom is -0.348 e. The Labute approximate surface area is 148 Å². The lowest BCUT2D eigenvalue weighted by Gasteiger charge is -2.30. The zero-order valence-corrected chi connectivity index (χ0v) is 15.3. The Kier molecular flexibility index (Phi) is 7.59. The Morgan fingerprint density at radius 2 is 2.00 bits per heavy atom. The first-order valence-corrected chi connectivity index (χ1v) is 9.76. The molecule has 24 heavy (non-hydrogen) atoms. The molecule has 1 saturated heterocycles. The Hall–Kier alpha value is -1.53. The molecule has 1 unspecified atom stereocenters. The average molecular weight is 350 g/mol. The summed E-state index contributed by atoms with van der Waals surface area (Å²) in [5.74, 6) is -0.425. The summed E-state index contributed by atoms with van der Waals surface area (Å²) in [5.41, 5.74) is 0.634. The standard InChI is InChI=1S/C18H27N3O2S/c1-14-5-3-11-21(13-14)12-4-10-19-17(22)18(23)20-15-6-8-16(24-2)9-7-15/h6-9,14H,3-5,10-13H2,1-2H3,(H,19,22)(H,20,23). The molecule has 1 aromatic rings. The fourth-order valence-electron chi connectivity index (χ4n) is 2.94. The lowest BCUT2D eigenvalue weighted by Crippen LogP contribution is -2.39. The predicted octanol–water partition coefficient (Wildman–Crippen LogP) is 2.59. The van der Waals surface area contributed by atoms with Crippen LogP contribution in [0.2, 0.25) is 0 Å². The van der Waals surface area contributed by atoms with Crippen LogP contribution in [0.1, 0.15) is 26.2 Å². The lowest BCUT2D eigenvalue weighted by atomic mass is 10.0. The Morgan fingerprint density at radius 3 is 2.67 bits per heavy atom. The van der Waals surface area contributed by atoms with Gasteiger partial charge < -0.3 is 15.5 Å². The molecule has 1 heterocycles. The topological polar surface area (TPSA) is 61.4 Å². The van der Waals surface area contributed by atoms with E-state index in [-0.39, 0.29) is 0 Å². The van der Waals surface area contributed by atoms with Crippen molar-refractivity contribution in [2.45, 2.75) is 31.1 Å². The second-order valence-corrected chi connectivity index (χ2v) is 7.22. The molecular formula is C18H27N3O2S. The number of hydrogen-bond donors (Lipinski definition) is 2. The summed E-state index contributed by atoms with van der Waals surface area (Å²) in [7, 11) is 0. The summed E-state index contributed by atoms with van der Waals surface area (Å²) < 4.78 is 0. The second kappa shape index (κ2) is 9.69. The van der Waals surface area contributed by atoms with E-state index in [1.165, 1.54) is 12.8 Å². The Bertz CT molecular complexity index is 548. The molecule has 5 nitrogen and oxygen atoms in total. The maximum absolute atomic E-state index is 11.9. The van der Waals surface area contributed by atoms with Gasteiger partial charge in [0.15, 0.2) is 0 Å². The summed E-state index contributed by atoms with van der Waals surface area (Å²) in [6, 6.07) is 7.43. The number of nitrogens with one attached hydrogen (secondary N) is 2. The van der Waals surface area contributed by atoms with E-state index in [9.17, 15) is 9.59 Å². The zero-order chi connectivity index (χ0) is 17.4. The molecule has 1 aliphatic heterocycles. The summed E-state index contributed by atoms with van der Waals surface area (Å²) >= 11 is 1.63. The van der Waals surface area contributed by atoms with Crippen LogP contribution in [0.4, 0.5) is 5.69 Å². The summed E-state index contributed by atoms with van der Waals surface area (Å²) in [5, 5.41) is 5.31. The van der Waals surface area contributed by atoms with E-state index in [0.29, 0.717) is 12.2 Å². The van der Waals surface area contributed by atoms with Crippen LogP contribution in [0.25, 0.3) is 0 Å². The van der Waals surface area contributed by atoms with E-state index in [1.807, 2.05) is 18.4 Å². The quantitative estimate of drug-likeness (QED) is 0.471. The molecule has 1 aliphatic rings. The molecule has 2 amide bonds. The number of benzene rings is 1. The number of thioether (sulfide) groups is 1. The molecule has 6 heteroatoms. The van der Waals surface area contributed by atoms with E-state index >= 15 is 0 Å². The van der Waals surface area contributed by atoms with Crippen LogP contribution in [0.5, 0.6) is 0 Å². The second-order valence-electron chi connectivity index (χ2n) is 6.34. The number of rotatable bonds is 6. The van der Waals surface area contributed by atoms with Crippen LogP contribution in [-0.2, 0) is 9.59 Å². The molecule has 0 bridgehead atoms. The lowest BCUT2D eigenvalue weighted by molar-refractivity contribution is -0.136. The van der Waals surface area contributed by atoms with Crippen LogP contribution in [0.3, 0.4) is 0 Å². The molecule has 2 N–H and O–H groups in total. The largest absolute Gasteiger partial charge is 0.348 e. The van der Waals surface area contributed by atoms with E-state index < -0.39 is 11.8 Å². The highest BCUT2D eigenvalue weighted by Gasteiger charge is 2.16. The maximum Gasteiger partial charge on any atom is 0.313 e. The summed E-state index contributed by atoms with van der Waals surface area (Å²) in [6.07, 6.45) is 5.43. The van der Waals surface area contributed by atoms with E-state index in [0.717, 1.165) is 36.9 Å². The van der Waals surface area contributed by atoms with Crippen molar-refractivity contribution in [3.63, 3.8) is 0 Å². The fraction of sp³-hybridized carbons (Fsp3) is 0.556. The van der Waals surface area contributed by atoms with Crippen molar-refractivity contribution in [3.8, 4) is 0 Å². The number of piperidine rings is 1. The van der Waals surface area contributed by atoms with Gasteiger partial charge in [0.2, 0.25) is 0 Å². The maximum atomic E-state index is 11.9. The summed E-state index contributed by atoms with van der Waals surface area (Å²) in [6.45, 7) is 6.07. The highest BCUT2D eigenvalue weighted by molar-refractivity contribution is 7.98. The third kappa shape index (κ3) is 6.17. The minimum atomic E-state index is -0.613. The van der Waals surface area contributed by atoms with E-state index in [2.05, 4.69) is 22.5 Å². The van der Waals surface area contributed by atoms with Crippen LogP contribution in [0, 0.1) is 5.92 Å². The number of nitrogens with zero attached hydrogens (tertiary/aromatic N) is 1. The molecule has 1 atom stereocenters. The third-order valence-electron chi connectivity index (χ3n) is 4.23. The number of carbonyl (C=O) groups excluding carboxylic acids is 2. The molecule has 0 aliphatic carbocycles. The van der Waals surface area contributed by atoms with Crippen LogP contribution < -0.4 is 10.6 Å². The molecule has 0 radical (unpaired) electrons. The van der Waals surface area contributed by atoms with Gasteiger partial charge in [0.1, 0.15) is 0 Å². The fourth-order valence-corrected chi connectivity index (χ4v) is 3.35. The minimum absolute atomic E-state index is 0.530. The molecular weight excluding hydrogens is 322 g/mol. The highest BCUT2D eigenvalue weighted by Crippen LogP contribution is 2.17. The number of anilines is 1. The van der Waals surface area contributed by atoms with Crippen molar-refractivity contribution in [1.82, 2.24) is 10.2 Å². The molecule has 0 spiro atoms. The number of carbonyl (C=O) groups is 2. The van der Waals surface area contributed by atoms with Crippen LogP contribution in [0.15, 0.2) is 29.2 Å². The van der Waals surface area contributed by atoms with Crippen LogP contribution >= 0.6 is 11.8 Å². The highest BCUT2D eigenvalue weighted by atomic mass is 32.2. The molecule has 0 aromatic heterocycles. The molecule has 1 fully saturated rings. The molecule has 132 valence electrons. The van der Waals surface area contributed by atoms with Crippen molar-refractivity contribution in [2.75, 3.05) is 37.8 Å². The average Bonchev–Trinajstić information content (AvgIpc) is 2.59. The first-order chi connectivity index (χ1) is 11.6. The molecule has 0 saturated carbocycles. The molecule has 1 aromatic carbocycles. The first-order valence-electron chi connectivity index (χ1n) is 8.54. The third-order valence-corrected chi connectivity index (χ3v) is 4.98. The zero-order valence-electron chi connectivity index (χ0n) is 14.5. The number of amides is 2. The normalized spacial score (nSPS) is 18.2. The van der Waals surface area contributed by atoms with Crippen molar-refractivity contribution in [2.24, 2.45) is 5.92 Å². The van der Waals surface area contributed by atoms with Gasteiger partial charge in [-0.3, -0.25) is 9.59 Å². The van der Waals surface area contributed by atoms with Gasteiger partial charge in [-0.25, -0.2) is 0 Å². The van der Waals surface area contributed by atoms with Gasteiger partial charge in [-0.2, -0.15) is 0 Å². The molecule has 2 rings (SSSR count). The predicted molar refractivity (Wildman–Crippen MR) is 99.3 cm³/mol. The van der Waals surface area contributed by atoms with Crippen LogP contribution in [-0.4, -0.2) is 49.1 Å². The monoisotopic (exact) mass is 349 g/mol. The van der Waals surface area contributed by atoms with Gasteiger partial charge in [-0.05, 0) is 68.8 Å². The van der Waals surface area contributed by atoms with E-state index in [4.69, 9.17) is 0 Å². The van der Waals surface area contributed by atoms with Gasteiger partial charge in [0, 0.05) is 23.7 Å². The van der Waals surface area contributed by atoms with Gasteiger partial charge >= 0.3 is 11.8 Å². The van der Waals surface area contributed by atoms with Gasteiger partial charge in [-0.15, -0.1) is 11.8 Å². The number of likely N-dealkylation sites (tertiary alicyclic amines) is 1. The Balaban J connectivity index is 1.65. The Morgan fingerprint density at radius 1 is 1.25 bits per heavy atom. The van der Waals surface area contributed by atoms with Crippen molar-refractivity contribution in [3.05, 3.63) is 24.3 Å². The van der Waals surface area contributed by atoms with Gasteiger partial charge in [-0.1, -0.05) is 6.92 Å². The number of hydrogen-bond acceptors (Lipinski definition) is 4. The van der Waals surface area contributed by atoms with Crippen molar-refractivity contribution < 1.29 is 9.59 Å².